The van der Waals surface area contributed by atoms with Crippen molar-refractivity contribution in [2.75, 3.05) is 31.1 Å². The third-order valence-corrected chi connectivity index (χ3v) is 5.80. The molecule has 1 saturated heterocycles. The van der Waals surface area contributed by atoms with Crippen molar-refractivity contribution < 1.29 is 14.6 Å². The number of amides is 1. The number of fused-ring (bicyclic) bond motifs is 1. The molecule has 2 aliphatic heterocycles. The van der Waals surface area contributed by atoms with E-state index in [-0.39, 0.29) is 18.6 Å². The number of carbonyl (C=O) groups excluding carboxylic acids is 1. The number of aliphatic hydroxyl groups excluding tert-OH is 1. The normalized spacial score (nSPS) is 17.2. The van der Waals surface area contributed by atoms with E-state index < -0.39 is 0 Å². The molecule has 6 heteroatoms. The molecule has 1 fully saturated rings. The lowest BCUT2D eigenvalue weighted by Crippen LogP contribution is -2.39. The third-order valence-electron chi connectivity index (χ3n) is 5.80. The highest BCUT2D eigenvalue weighted by Gasteiger charge is 2.33. The van der Waals surface area contributed by atoms with Gasteiger partial charge in [-0.15, -0.1) is 0 Å². The van der Waals surface area contributed by atoms with Gasteiger partial charge in [-0.2, -0.15) is 0 Å². The van der Waals surface area contributed by atoms with E-state index in [4.69, 9.17) is 9.72 Å². The summed E-state index contributed by atoms with van der Waals surface area (Å²) in [5.74, 6) is 1.89. The molecule has 28 heavy (non-hydrogen) atoms. The van der Waals surface area contributed by atoms with Gasteiger partial charge in [-0.25, -0.2) is 4.98 Å². The number of hydrogen-bond donors (Lipinski definition) is 1. The minimum absolute atomic E-state index is 0.0151. The zero-order chi connectivity index (χ0) is 19.7. The molecular formula is C22H27N3O3. The van der Waals surface area contributed by atoms with Gasteiger partial charge in [0.2, 0.25) is 0 Å². The molecule has 4 rings (SSSR count). The van der Waals surface area contributed by atoms with Gasteiger partial charge < -0.3 is 19.6 Å². The number of anilines is 1. The van der Waals surface area contributed by atoms with Crippen LogP contribution >= 0.6 is 0 Å². The Kier molecular flexibility index (Phi) is 5.22. The number of rotatable bonds is 5. The van der Waals surface area contributed by atoms with Gasteiger partial charge in [0.25, 0.3) is 5.91 Å². The van der Waals surface area contributed by atoms with E-state index in [1.807, 2.05) is 44.2 Å². The fourth-order valence-electron chi connectivity index (χ4n) is 4.13. The van der Waals surface area contributed by atoms with Gasteiger partial charge in [-0.3, -0.25) is 4.79 Å². The summed E-state index contributed by atoms with van der Waals surface area (Å²) >= 11 is 0. The van der Waals surface area contributed by atoms with Crippen molar-refractivity contribution in [1.29, 1.82) is 0 Å². The standard InChI is InChI=1S/C22H27N3O3/c1-15-16(2)21(23-19-14-25(12-13-26)22(27)20(15)19)24-10-8-18(9-11-24)28-17-6-4-3-5-7-17/h3-7,18,26H,8-14H2,1-2H3. The summed E-state index contributed by atoms with van der Waals surface area (Å²) in [7, 11) is 0. The molecule has 0 radical (unpaired) electrons. The van der Waals surface area contributed by atoms with E-state index >= 15 is 0 Å². The second kappa shape index (κ2) is 7.80. The van der Waals surface area contributed by atoms with Gasteiger partial charge in [0.1, 0.15) is 17.7 Å². The first-order valence-electron chi connectivity index (χ1n) is 9.95. The topological polar surface area (TPSA) is 65.9 Å². The van der Waals surface area contributed by atoms with Crippen molar-refractivity contribution in [1.82, 2.24) is 9.88 Å². The van der Waals surface area contributed by atoms with Crippen LogP contribution in [-0.4, -0.2) is 53.2 Å². The summed E-state index contributed by atoms with van der Waals surface area (Å²) in [5, 5.41) is 9.20. The molecule has 0 unspecified atom stereocenters. The first-order chi connectivity index (χ1) is 13.6. The van der Waals surface area contributed by atoms with Crippen molar-refractivity contribution in [2.45, 2.75) is 39.3 Å². The number of carbonyl (C=O) groups is 1. The number of hydrogen-bond acceptors (Lipinski definition) is 5. The maximum absolute atomic E-state index is 12.6. The highest BCUT2D eigenvalue weighted by Crippen LogP contribution is 2.32. The Morgan fingerprint density at radius 1 is 1.14 bits per heavy atom. The maximum atomic E-state index is 12.6. The number of para-hydroxylation sites is 1. The minimum Gasteiger partial charge on any atom is -0.490 e. The lowest BCUT2D eigenvalue weighted by molar-refractivity contribution is 0.0744. The molecule has 0 saturated carbocycles. The molecule has 0 spiro atoms. The second-order valence-corrected chi connectivity index (χ2v) is 7.57. The first kappa shape index (κ1) is 18.7. The average Bonchev–Trinajstić information content (AvgIpc) is 3.02. The number of β-amino-alcohol motifs (C(OH)–C–C–N with tert-alkyl or cyclic N) is 1. The van der Waals surface area contributed by atoms with E-state index in [1.54, 1.807) is 4.90 Å². The zero-order valence-corrected chi connectivity index (χ0v) is 16.5. The predicted molar refractivity (Wildman–Crippen MR) is 108 cm³/mol. The van der Waals surface area contributed by atoms with Gasteiger partial charge >= 0.3 is 0 Å². The lowest BCUT2D eigenvalue weighted by Gasteiger charge is -2.34. The van der Waals surface area contributed by atoms with E-state index in [2.05, 4.69) is 4.90 Å². The molecule has 6 nitrogen and oxygen atoms in total. The molecule has 0 atom stereocenters. The first-order valence-corrected chi connectivity index (χ1v) is 9.95. The Bertz CT molecular complexity index is 861. The summed E-state index contributed by atoms with van der Waals surface area (Å²) in [6.45, 7) is 6.63. The van der Waals surface area contributed by atoms with Crippen LogP contribution in [-0.2, 0) is 6.54 Å². The van der Waals surface area contributed by atoms with Crippen LogP contribution in [0.25, 0.3) is 0 Å². The monoisotopic (exact) mass is 381 g/mol. The van der Waals surface area contributed by atoms with Gasteiger partial charge in [0.15, 0.2) is 0 Å². The van der Waals surface area contributed by atoms with Crippen molar-refractivity contribution in [2.24, 2.45) is 0 Å². The molecule has 1 aromatic carbocycles. The Hall–Kier alpha value is -2.60. The predicted octanol–water partition coefficient (Wildman–Crippen LogP) is 2.69. The highest BCUT2D eigenvalue weighted by atomic mass is 16.5. The van der Waals surface area contributed by atoms with Gasteiger partial charge in [-0.05, 0) is 37.1 Å². The number of pyridine rings is 1. The van der Waals surface area contributed by atoms with Crippen LogP contribution in [0.5, 0.6) is 5.75 Å². The number of aromatic nitrogens is 1. The van der Waals surface area contributed by atoms with Crippen LogP contribution in [0.15, 0.2) is 30.3 Å². The fourth-order valence-corrected chi connectivity index (χ4v) is 4.13. The number of nitrogens with zero attached hydrogens (tertiary/aromatic N) is 3. The van der Waals surface area contributed by atoms with E-state index in [0.29, 0.717) is 13.1 Å². The Morgan fingerprint density at radius 3 is 2.54 bits per heavy atom. The number of aliphatic hydroxyl groups is 1. The summed E-state index contributed by atoms with van der Waals surface area (Å²) < 4.78 is 6.10. The molecule has 2 aromatic rings. The van der Waals surface area contributed by atoms with Crippen LogP contribution in [0.4, 0.5) is 5.82 Å². The van der Waals surface area contributed by atoms with E-state index in [1.165, 1.54) is 0 Å². The van der Waals surface area contributed by atoms with Crippen molar-refractivity contribution in [3.05, 3.63) is 52.7 Å². The number of piperidine rings is 1. The fraction of sp³-hybridized carbons (Fsp3) is 0.455. The lowest BCUT2D eigenvalue weighted by atomic mass is 10.0. The summed E-state index contributed by atoms with van der Waals surface area (Å²) in [6.07, 6.45) is 2.11. The van der Waals surface area contributed by atoms with Crippen LogP contribution in [0.3, 0.4) is 0 Å². The van der Waals surface area contributed by atoms with E-state index in [0.717, 1.165) is 59.9 Å². The minimum atomic E-state index is -0.0282. The zero-order valence-electron chi connectivity index (χ0n) is 16.5. The molecule has 1 amide bonds. The van der Waals surface area contributed by atoms with Crippen molar-refractivity contribution in [3.8, 4) is 5.75 Å². The third kappa shape index (κ3) is 3.44. The Labute approximate surface area is 165 Å². The maximum Gasteiger partial charge on any atom is 0.256 e. The average molecular weight is 381 g/mol. The van der Waals surface area contributed by atoms with Crippen LogP contribution < -0.4 is 9.64 Å². The smallest absolute Gasteiger partial charge is 0.256 e. The van der Waals surface area contributed by atoms with Crippen LogP contribution in [0.2, 0.25) is 0 Å². The van der Waals surface area contributed by atoms with Gasteiger partial charge in [0, 0.05) is 32.5 Å². The number of benzene rings is 1. The highest BCUT2D eigenvalue weighted by molar-refractivity contribution is 6.00. The quantitative estimate of drug-likeness (QED) is 0.863. The molecule has 3 heterocycles. The molecule has 0 bridgehead atoms. The van der Waals surface area contributed by atoms with Crippen LogP contribution in [0, 0.1) is 13.8 Å². The molecule has 1 N–H and O–H groups in total. The molecule has 148 valence electrons. The molecule has 0 aliphatic carbocycles. The summed E-state index contributed by atoms with van der Waals surface area (Å²) in [6, 6.07) is 9.97. The van der Waals surface area contributed by atoms with Gasteiger partial charge in [-0.1, -0.05) is 18.2 Å². The summed E-state index contributed by atoms with van der Waals surface area (Å²) in [5.41, 5.74) is 3.63. The van der Waals surface area contributed by atoms with Crippen molar-refractivity contribution >= 4 is 11.7 Å². The largest absolute Gasteiger partial charge is 0.490 e. The van der Waals surface area contributed by atoms with Gasteiger partial charge in [0.05, 0.1) is 24.4 Å². The Balaban J connectivity index is 1.48. The Morgan fingerprint density at radius 2 is 1.86 bits per heavy atom. The molecule has 2 aliphatic rings. The molecule has 1 aromatic heterocycles. The van der Waals surface area contributed by atoms with E-state index in [9.17, 15) is 9.90 Å². The van der Waals surface area contributed by atoms with Crippen molar-refractivity contribution in [3.63, 3.8) is 0 Å². The molecular weight excluding hydrogens is 354 g/mol. The number of ether oxygens (including phenoxy) is 1. The summed E-state index contributed by atoms with van der Waals surface area (Å²) in [4.78, 5) is 21.5. The SMILES string of the molecule is Cc1c(N2CCC(Oc3ccccc3)CC2)nc2c(c1C)C(=O)N(CCO)C2. The second-order valence-electron chi connectivity index (χ2n) is 7.57. The van der Waals surface area contributed by atoms with Crippen LogP contribution in [0.1, 0.15) is 40.0 Å².